The lowest BCUT2D eigenvalue weighted by Crippen LogP contribution is -2.09. The molecule has 0 radical (unpaired) electrons. The highest BCUT2D eigenvalue weighted by Gasteiger charge is 2.03. The van der Waals surface area contributed by atoms with Crippen LogP contribution in [-0.2, 0) is 19.1 Å². The normalized spacial score (nSPS) is 10.1. The molecule has 0 spiro atoms. The molecule has 7 heteroatoms. The predicted molar refractivity (Wildman–Crippen MR) is 117 cm³/mol. The Balaban J connectivity index is 3.18. The molecule has 0 aromatic rings. The van der Waals surface area contributed by atoms with Gasteiger partial charge < -0.3 is 9.47 Å². The Kier molecular flexibility index (Phi) is 23.4. The van der Waals surface area contributed by atoms with Gasteiger partial charge in [0, 0.05) is 0 Å². The first-order valence-electron chi connectivity index (χ1n) is 11.7. The number of unbranched alkanes of at least 4 members (excludes halogenated alkanes) is 14. The van der Waals surface area contributed by atoms with E-state index in [0.717, 1.165) is 64.2 Å². The van der Waals surface area contributed by atoms with E-state index in [-0.39, 0.29) is 0 Å². The minimum absolute atomic E-state index is 0.431. The minimum Gasteiger partial charge on any atom is -0.434 e. The first-order valence-corrected chi connectivity index (χ1v) is 11.7. The van der Waals surface area contributed by atoms with Crippen molar-refractivity contribution >= 4 is 18.3 Å². The van der Waals surface area contributed by atoms with Gasteiger partial charge in [-0.2, -0.15) is 0 Å². The van der Waals surface area contributed by atoms with Gasteiger partial charge in [0.15, 0.2) is 0 Å². The molecule has 0 atom stereocenters. The molecule has 0 heterocycles. The molecule has 0 aromatic heterocycles. The second kappa shape index (κ2) is 25.1. The van der Waals surface area contributed by atoms with Crippen LogP contribution in [0, 0.1) is 0 Å². The molecule has 0 aliphatic carbocycles. The molecular formula is C23H40N2O5. The van der Waals surface area contributed by atoms with Crippen LogP contribution in [0.25, 0.3) is 0 Å². The van der Waals surface area contributed by atoms with Gasteiger partial charge in [-0.15, -0.1) is 0 Å². The van der Waals surface area contributed by atoms with E-state index >= 15 is 0 Å². The van der Waals surface area contributed by atoms with Gasteiger partial charge in [0.05, 0.1) is 26.3 Å². The molecule has 0 amide bonds. The van der Waals surface area contributed by atoms with Gasteiger partial charge >= 0.3 is 6.16 Å². The second-order valence-electron chi connectivity index (χ2n) is 7.55. The van der Waals surface area contributed by atoms with Crippen molar-refractivity contribution in [3.8, 4) is 0 Å². The smallest absolute Gasteiger partial charge is 0.434 e. The Bertz CT molecular complexity index is 444. The number of hydrogen-bond donors (Lipinski definition) is 0. The van der Waals surface area contributed by atoms with E-state index in [9.17, 15) is 14.4 Å². The van der Waals surface area contributed by atoms with Crippen LogP contribution >= 0.6 is 0 Å². The molecule has 0 saturated carbocycles. The predicted octanol–water partition coefficient (Wildman–Crippen LogP) is 6.05. The fourth-order valence-electron chi connectivity index (χ4n) is 3.15. The summed E-state index contributed by atoms with van der Waals surface area (Å²) in [6, 6.07) is 0. The molecule has 7 nitrogen and oxygen atoms in total. The summed E-state index contributed by atoms with van der Waals surface area (Å²) in [4.78, 5) is 38.4. The van der Waals surface area contributed by atoms with E-state index in [1.54, 1.807) is 12.2 Å². The number of carbonyl (C=O) groups is 1. The van der Waals surface area contributed by atoms with Crippen LogP contribution in [0.5, 0.6) is 0 Å². The minimum atomic E-state index is -0.550. The highest BCUT2D eigenvalue weighted by atomic mass is 16.7. The number of rotatable bonds is 22. The molecule has 0 aliphatic rings. The Morgan fingerprint density at radius 3 is 1.13 bits per heavy atom. The Morgan fingerprint density at radius 2 is 0.800 bits per heavy atom. The summed E-state index contributed by atoms with van der Waals surface area (Å²) >= 11 is 0. The van der Waals surface area contributed by atoms with Gasteiger partial charge in [0.2, 0.25) is 12.2 Å². The largest absolute Gasteiger partial charge is 0.508 e. The molecule has 0 unspecified atom stereocenters. The summed E-state index contributed by atoms with van der Waals surface area (Å²) in [7, 11) is 0. The second-order valence-corrected chi connectivity index (χ2v) is 7.55. The van der Waals surface area contributed by atoms with Crippen LogP contribution in [0.1, 0.15) is 103 Å². The van der Waals surface area contributed by atoms with E-state index < -0.39 is 6.16 Å². The van der Waals surface area contributed by atoms with E-state index in [1.165, 1.54) is 38.5 Å². The molecule has 0 bridgehead atoms. The summed E-state index contributed by atoms with van der Waals surface area (Å²) < 4.78 is 10.2. The lowest BCUT2D eigenvalue weighted by atomic mass is 10.1. The maximum Gasteiger partial charge on any atom is 0.508 e. The van der Waals surface area contributed by atoms with Crippen LogP contribution in [0.3, 0.4) is 0 Å². The first-order chi connectivity index (χ1) is 14.8. The summed E-state index contributed by atoms with van der Waals surface area (Å²) in [6.07, 6.45) is 20.0. The summed E-state index contributed by atoms with van der Waals surface area (Å²) in [5, 5.41) is 0. The molecular weight excluding hydrogens is 384 g/mol. The molecule has 0 aromatic carbocycles. The molecule has 0 saturated heterocycles. The Hall–Kier alpha value is -1.97. The number of ether oxygens (including phenoxy) is 2. The summed E-state index contributed by atoms with van der Waals surface area (Å²) in [5.74, 6) is 0. The lowest BCUT2D eigenvalue weighted by molar-refractivity contribution is 0.0529. The zero-order valence-electron chi connectivity index (χ0n) is 18.6. The number of hydrogen-bond acceptors (Lipinski definition) is 7. The van der Waals surface area contributed by atoms with Crippen LogP contribution in [0.4, 0.5) is 4.79 Å². The number of isocyanates is 2. The van der Waals surface area contributed by atoms with Crippen molar-refractivity contribution in [1.82, 2.24) is 0 Å². The van der Waals surface area contributed by atoms with Crippen molar-refractivity contribution in [2.75, 3.05) is 26.3 Å². The van der Waals surface area contributed by atoms with Crippen molar-refractivity contribution in [1.29, 1.82) is 0 Å². The van der Waals surface area contributed by atoms with E-state index in [0.29, 0.717) is 26.3 Å². The number of aliphatic imine (C=N–C) groups is 2. The highest BCUT2D eigenvalue weighted by molar-refractivity contribution is 5.59. The summed E-state index contributed by atoms with van der Waals surface area (Å²) in [6.45, 7) is 2.05. The quantitative estimate of drug-likeness (QED) is 0.0912. The highest BCUT2D eigenvalue weighted by Crippen LogP contribution is 2.10. The molecule has 0 rings (SSSR count). The monoisotopic (exact) mass is 424 g/mol. The van der Waals surface area contributed by atoms with Crippen molar-refractivity contribution in [3.05, 3.63) is 0 Å². The third-order valence-electron chi connectivity index (χ3n) is 4.90. The zero-order valence-corrected chi connectivity index (χ0v) is 18.6. The van der Waals surface area contributed by atoms with Crippen molar-refractivity contribution in [2.45, 2.75) is 103 Å². The molecule has 0 N–H and O–H groups in total. The average Bonchev–Trinajstić information content (AvgIpc) is 2.75. The third kappa shape index (κ3) is 24.1. The average molecular weight is 425 g/mol. The van der Waals surface area contributed by atoms with Crippen LogP contribution in [0.15, 0.2) is 9.98 Å². The van der Waals surface area contributed by atoms with Crippen LogP contribution < -0.4 is 0 Å². The fraction of sp³-hybridized carbons (Fsp3) is 0.870. The van der Waals surface area contributed by atoms with Gasteiger partial charge in [-0.25, -0.2) is 24.4 Å². The van der Waals surface area contributed by atoms with Crippen LogP contribution in [0.2, 0.25) is 0 Å². The van der Waals surface area contributed by atoms with Gasteiger partial charge in [0.25, 0.3) is 0 Å². The van der Waals surface area contributed by atoms with Crippen molar-refractivity contribution in [3.63, 3.8) is 0 Å². The molecule has 172 valence electrons. The maximum absolute atomic E-state index is 11.5. The van der Waals surface area contributed by atoms with E-state index in [2.05, 4.69) is 9.98 Å². The van der Waals surface area contributed by atoms with Crippen LogP contribution in [-0.4, -0.2) is 44.6 Å². The zero-order chi connectivity index (χ0) is 22.0. The standard InChI is InChI=1S/C23H40N2O5/c26-21-24-17-13-9-5-1-3-7-11-15-19-29-23(28)30-20-16-12-8-4-2-6-10-14-18-25-22-27/h1-20H2. The number of carbonyl (C=O) groups excluding carboxylic acids is 3. The van der Waals surface area contributed by atoms with Crippen molar-refractivity contribution in [2.24, 2.45) is 9.98 Å². The third-order valence-corrected chi connectivity index (χ3v) is 4.90. The van der Waals surface area contributed by atoms with E-state index in [4.69, 9.17) is 9.47 Å². The van der Waals surface area contributed by atoms with Gasteiger partial charge in [-0.3, -0.25) is 0 Å². The lowest BCUT2D eigenvalue weighted by Gasteiger charge is -2.06. The van der Waals surface area contributed by atoms with Crippen molar-refractivity contribution < 1.29 is 23.9 Å². The van der Waals surface area contributed by atoms with Gasteiger partial charge in [-0.1, -0.05) is 77.0 Å². The summed E-state index contributed by atoms with van der Waals surface area (Å²) in [5.41, 5.74) is 0. The van der Waals surface area contributed by atoms with E-state index in [1.807, 2.05) is 0 Å². The SMILES string of the molecule is O=C=NCCCCCCCCCCOC(=O)OCCCCCCCCCCN=C=O. The molecule has 30 heavy (non-hydrogen) atoms. The molecule has 0 fully saturated rings. The Labute approximate surface area is 181 Å². The number of nitrogens with zero attached hydrogens (tertiary/aromatic N) is 2. The first kappa shape index (κ1) is 28.0. The Morgan fingerprint density at radius 1 is 0.500 bits per heavy atom. The molecule has 0 aliphatic heterocycles. The van der Waals surface area contributed by atoms with Gasteiger partial charge in [0.1, 0.15) is 0 Å². The maximum atomic E-state index is 11.5. The van der Waals surface area contributed by atoms with Gasteiger partial charge in [-0.05, 0) is 25.7 Å². The topological polar surface area (TPSA) is 94.4 Å². The fourth-order valence-corrected chi connectivity index (χ4v) is 3.15.